The Morgan fingerprint density at radius 2 is 1.88 bits per heavy atom. The van der Waals surface area contributed by atoms with Crippen molar-refractivity contribution in [2.24, 2.45) is 0 Å². The van der Waals surface area contributed by atoms with Crippen LogP contribution in [0.5, 0.6) is 0 Å². The molecule has 3 aromatic rings. The lowest BCUT2D eigenvalue weighted by atomic mass is 10.0. The van der Waals surface area contributed by atoms with Crippen molar-refractivity contribution in [2.75, 3.05) is 38.6 Å². The van der Waals surface area contributed by atoms with Crippen LogP contribution in [0.3, 0.4) is 0 Å². The van der Waals surface area contributed by atoms with E-state index in [1.54, 1.807) is 17.8 Å². The minimum absolute atomic E-state index is 0.116. The molecule has 0 radical (unpaired) electrons. The Morgan fingerprint density at radius 1 is 1.10 bits per heavy atom. The van der Waals surface area contributed by atoms with Crippen LogP contribution in [0.25, 0.3) is 11.6 Å². The third-order valence-corrected chi connectivity index (χ3v) is 8.19. The number of nitrogens with one attached hydrogen (secondary N) is 3. The summed E-state index contributed by atoms with van der Waals surface area (Å²) in [6, 6.07) is 13.3. The van der Waals surface area contributed by atoms with Gasteiger partial charge in [0.2, 0.25) is 0 Å². The summed E-state index contributed by atoms with van der Waals surface area (Å²) in [5, 5.41) is 5.97. The molecule has 0 spiro atoms. The fourth-order valence-corrected chi connectivity index (χ4v) is 5.71. The third-order valence-electron chi connectivity index (χ3n) is 7.13. The Labute approximate surface area is 239 Å². The van der Waals surface area contributed by atoms with E-state index in [9.17, 15) is 14.4 Å². The largest absolute Gasteiger partial charge is 0.465 e. The van der Waals surface area contributed by atoms with Gasteiger partial charge < -0.3 is 25.3 Å². The standard InChI is InChI=1S/C31H36N4O4S/c1-6-35(7-2)14-13-32-30(37)28-19(3)27(33-20(28)4)17-25-24-16-23(11-12-26(24)34-29(25)36)40-18-21-9-8-10-22(15-21)31(38)39-5/h8-12,15-17,33H,6-7,13-14,18H2,1-5H3,(H,32,37)(H,34,36)/b25-17-. The van der Waals surface area contributed by atoms with Crippen molar-refractivity contribution in [2.45, 2.75) is 38.3 Å². The number of likely N-dealkylation sites (N-methyl/N-ethyl adjacent to an activating group) is 1. The van der Waals surface area contributed by atoms with Crippen LogP contribution in [0.2, 0.25) is 0 Å². The number of carbonyl (C=O) groups is 3. The Balaban J connectivity index is 1.52. The van der Waals surface area contributed by atoms with Crippen molar-refractivity contribution in [1.29, 1.82) is 0 Å². The van der Waals surface area contributed by atoms with Crippen LogP contribution >= 0.6 is 11.8 Å². The van der Waals surface area contributed by atoms with Crippen LogP contribution in [0, 0.1) is 13.8 Å². The van der Waals surface area contributed by atoms with Crippen LogP contribution in [-0.2, 0) is 15.3 Å². The Kier molecular flexibility index (Phi) is 9.50. The van der Waals surface area contributed by atoms with Crippen LogP contribution in [-0.4, -0.2) is 61.0 Å². The van der Waals surface area contributed by atoms with Crippen molar-refractivity contribution >= 4 is 46.9 Å². The second-order valence-electron chi connectivity index (χ2n) is 9.65. The van der Waals surface area contributed by atoms with Gasteiger partial charge in [-0.25, -0.2) is 4.79 Å². The minimum Gasteiger partial charge on any atom is -0.465 e. The number of amides is 2. The van der Waals surface area contributed by atoms with Crippen molar-refractivity contribution in [3.05, 3.63) is 81.7 Å². The number of rotatable bonds is 11. The van der Waals surface area contributed by atoms with Crippen molar-refractivity contribution < 1.29 is 19.1 Å². The number of aryl methyl sites for hydroxylation is 1. The molecule has 1 aromatic heterocycles. The molecule has 9 heteroatoms. The van der Waals surface area contributed by atoms with E-state index in [0.717, 1.165) is 58.3 Å². The lowest BCUT2D eigenvalue weighted by Gasteiger charge is -2.18. The summed E-state index contributed by atoms with van der Waals surface area (Å²) in [4.78, 5) is 44.3. The molecule has 1 aliphatic rings. The van der Waals surface area contributed by atoms with E-state index in [2.05, 4.69) is 34.4 Å². The fraction of sp³-hybridized carbons (Fsp3) is 0.323. The zero-order chi connectivity index (χ0) is 28.8. The van der Waals surface area contributed by atoms with Crippen LogP contribution < -0.4 is 10.6 Å². The summed E-state index contributed by atoms with van der Waals surface area (Å²) >= 11 is 1.62. The Hall–Kier alpha value is -3.82. The Bertz CT molecular complexity index is 1460. The molecule has 0 fully saturated rings. The number of benzene rings is 2. The molecule has 40 heavy (non-hydrogen) atoms. The van der Waals surface area contributed by atoms with Gasteiger partial charge in [-0.1, -0.05) is 26.0 Å². The summed E-state index contributed by atoms with van der Waals surface area (Å²) < 4.78 is 4.82. The first-order valence-corrected chi connectivity index (χ1v) is 14.4. The van der Waals surface area contributed by atoms with Crippen LogP contribution in [0.15, 0.2) is 47.4 Å². The highest BCUT2D eigenvalue weighted by Crippen LogP contribution is 2.37. The number of esters is 1. The summed E-state index contributed by atoms with van der Waals surface area (Å²) in [5.41, 5.74) is 6.55. The van der Waals surface area contributed by atoms with Gasteiger partial charge in [-0.05, 0) is 74.5 Å². The average molecular weight is 561 g/mol. The quantitative estimate of drug-likeness (QED) is 0.168. The number of hydrogen-bond acceptors (Lipinski definition) is 6. The second-order valence-corrected chi connectivity index (χ2v) is 10.7. The number of carbonyl (C=O) groups excluding carboxylic acids is 3. The van der Waals surface area contributed by atoms with E-state index >= 15 is 0 Å². The molecule has 8 nitrogen and oxygen atoms in total. The number of anilines is 1. The average Bonchev–Trinajstić information content (AvgIpc) is 3.42. The van der Waals surface area contributed by atoms with Crippen LogP contribution in [0.1, 0.15) is 62.6 Å². The van der Waals surface area contributed by atoms with Gasteiger partial charge in [0.1, 0.15) is 0 Å². The molecule has 4 rings (SSSR count). The number of methoxy groups -OCH3 is 1. The SMILES string of the molecule is CCN(CC)CCNC(=O)c1c(C)[nH]c(/C=C2\C(=O)Nc3ccc(SCc4cccc(C(=O)OC)c4)cc32)c1C. The summed E-state index contributed by atoms with van der Waals surface area (Å²) in [6.45, 7) is 11.2. The highest BCUT2D eigenvalue weighted by molar-refractivity contribution is 7.98. The fourth-order valence-electron chi connectivity index (χ4n) is 4.83. The number of nitrogens with zero attached hydrogens (tertiary/aromatic N) is 1. The zero-order valence-electron chi connectivity index (χ0n) is 23.6. The number of aromatic amines is 1. The number of fused-ring (bicyclic) bond motifs is 1. The van der Waals surface area contributed by atoms with Crippen LogP contribution in [0.4, 0.5) is 5.69 Å². The highest BCUT2D eigenvalue weighted by atomic mass is 32.2. The molecule has 3 N–H and O–H groups in total. The van der Waals surface area contributed by atoms with Gasteiger partial charge >= 0.3 is 5.97 Å². The predicted octanol–water partition coefficient (Wildman–Crippen LogP) is 5.27. The van der Waals surface area contributed by atoms with Crippen molar-refractivity contribution in [3.63, 3.8) is 0 Å². The van der Waals surface area contributed by atoms with Gasteiger partial charge in [0.05, 0.1) is 23.8 Å². The van der Waals surface area contributed by atoms with Crippen molar-refractivity contribution in [3.8, 4) is 0 Å². The van der Waals surface area contributed by atoms with E-state index in [1.165, 1.54) is 7.11 Å². The normalized spacial score (nSPS) is 13.4. The first-order chi connectivity index (χ1) is 19.2. The molecule has 0 bridgehead atoms. The molecule has 2 heterocycles. The third kappa shape index (κ3) is 6.48. The van der Waals surface area contributed by atoms with Gasteiger partial charge in [-0.3, -0.25) is 9.59 Å². The van der Waals surface area contributed by atoms with Gasteiger partial charge in [-0.2, -0.15) is 0 Å². The molecule has 2 aromatic carbocycles. The molecule has 0 atom stereocenters. The molecule has 0 unspecified atom stereocenters. The van der Waals surface area contributed by atoms with E-state index < -0.39 is 0 Å². The number of H-pyrrole nitrogens is 1. The van der Waals surface area contributed by atoms with Gasteiger partial charge in [0, 0.05) is 46.4 Å². The molecule has 0 aliphatic carbocycles. The summed E-state index contributed by atoms with van der Waals surface area (Å²) in [7, 11) is 1.37. The predicted molar refractivity (Wildman–Crippen MR) is 161 cm³/mol. The minimum atomic E-state index is -0.362. The molecule has 0 saturated carbocycles. The topological polar surface area (TPSA) is 104 Å². The Morgan fingerprint density at radius 3 is 2.60 bits per heavy atom. The lowest BCUT2D eigenvalue weighted by Crippen LogP contribution is -2.35. The molecule has 0 saturated heterocycles. The van der Waals surface area contributed by atoms with E-state index in [-0.39, 0.29) is 17.8 Å². The monoisotopic (exact) mass is 560 g/mol. The molecule has 210 valence electrons. The number of hydrogen-bond donors (Lipinski definition) is 3. The first-order valence-electron chi connectivity index (χ1n) is 13.4. The van der Waals surface area contributed by atoms with Crippen molar-refractivity contribution in [1.82, 2.24) is 15.2 Å². The highest BCUT2D eigenvalue weighted by Gasteiger charge is 2.26. The number of aromatic nitrogens is 1. The maximum absolute atomic E-state index is 13.0. The smallest absolute Gasteiger partial charge is 0.337 e. The van der Waals surface area contributed by atoms with Gasteiger partial charge in [0.25, 0.3) is 11.8 Å². The lowest BCUT2D eigenvalue weighted by molar-refractivity contribution is -0.110. The number of ether oxygens (including phenoxy) is 1. The van der Waals surface area contributed by atoms with Gasteiger partial charge in [-0.15, -0.1) is 11.8 Å². The maximum Gasteiger partial charge on any atom is 0.337 e. The first kappa shape index (κ1) is 29.2. The second kappa shape index (κ2) is 13.0. The molecular weight excluding hydrogens is 524 g/mol. The van der Waals surface area contributed by atoms with E-state index in [1.807, 2.05) is 56.3 Å². The molecule has 1 aliphatic heterocycles. The summed E-state index contributed by atoms with van der Waals surface area (Å²) in [6.07, 6.45) is 1.82. The van der Waals surface area contributed by atoms with E-state index in [0.29, 0.717) is 29.0 Å². The van der Waals surface area contributed by atoms with E-state index in [4.69, 9.17) is 4.74 Å². The molecule has 2 amide bonds. The summed E-state index contributed by atoms with van der Waals surface area (Å²) in [5.74, 6) is -0.000851. The number of thioether (sulfide) groups is 1. The zero-order valence-corrected chi connectivity index (χ0v) is 24.5. The maximum atomic E-state index is 13.0. The van der Waals surface area contributed by atoms with Gasteiger partial charge in [0.15, 0.2) is 0 Å². The molecular formula is C31H36N4O4S.